The number of halogens is 2. The molecule has 1 unspecified atom stereocenters. The van der Waals surface area contributed by atoms with Crippen LogP contribution in [0.3, 0.4) is 0 Å². The van der Waals surface area contributed by atoms with Gasteiger partial charge in [0.2, 0.25) is 10.0 Å². The molecule has 0 saturated carbocycles. The summed E-state index contributed by atoms with van der Waals surface area (Å²) in [5.41, 5.74) is 0.149. The molecule has 2 aromatic rings. The van der Waals surface area contributed by atoms with Gasteiger partial charge in [0.15, 0.2) is 11.6 Å². The number of carbonyl (C=O) groups is 1. The number of sulfonamides is 1. The topological polar surface area (TPSA) is 75.7 Å². The number of amides is 1. The van der Waals surface area contributed by atoms with E-state index in [2.05, 4.69) is 5.32 Å². The molecule has 0 radical (unpaired) electrons. The molecule has 0 bridgehead atoms. The molecule has 2 aromatic carbocycles. The standard InChI is InChI=1S/C18H18F2N2O4S/c1-12-11-22(7-8-26-12)27(24,25)15-4-2-3-13(9-15)18(23)21-14-5-6-16(19)17(20)10-14/h2-6,9-10,12H,7-8,11H2,1H3,(H,21,23). The fourth-order valence-electron chi connectivity index (χ4n) is 2.73. The zero-order chi connectivity index (χ0) is 19.6. The van der Waals surface area contributed by atoms with Gasteiger partial charge in [-0.2, -0.15) is 4.31 Å². The van der Waals surface area contributed by atoms with Crippen LogP contribution < -0.4 is 5.32 Å². The van der Waals surface area contributed by atoms with Crippen molar-refractivity contribution in [2.45, 2.75) is 17.9 Å². The Morgan fingerprint density at radius 3 is 2.67 bits per heavy atom. The smallest absolute Gasteiger partial charge is 0.255 e. The van der Waals surface area contributed by atoms with E-state index in [4.69, 9.17) is 4.74 Å². The number of benzene rings is 2. The van der Waals surface area contributed by atoms with Gasteiger partial charge in [0, 0.05) is 30.4 Å². The van der Waals surface area contributed by atoms with Crippen molar-refractivity contribution in [2.75, 3.05) is 25.0 Å². The van der Waals surface area contributed by atoms with Gasteiger partial charge in [0.1, 0.15) is 0 Å². The van der Waals surface area contributed by atoms with Crippen LogP contribution in [0.15, 0.2) is 47.4 Å². The van der Waals surface area contributed by atoms with E-state index in [1.165, 1.54) is 34.6 Å². The third kappa shape index (κ3) is 4.32. The minimum Gasteiger partial charge on any atom is -0.376 e. The van der Waals surface area contributed by atoms with Crippen LogP contribution in [0.4, 0.5) is 14.5 Å². The molecule has 1 atom stereocenters. The second kappa shape index (κ2) is 7.71. The number of anilines is 1. The van der Waals surface area contributed by atoms with Crippen molar-refractivity contribution < 1.29 is 26.7 Å². The Hall–Kier alpha value is -2.36. The van der Waals surface area contributed by atoms with Gasteiger partial charge < -0.3 is 10.1 Å². The third-order valence-corrected chi connectivity index (χ3v) is 5.98. The summed E-state index contributed by atoms with van der Waals surface area (Å²) in [5, 5.41) is 2.42. The number of ether oxygens (including phenoxy) is 1. The number of nitrogens with zero attached hydrogens (tertiary/aromatic N) is 1. The summed E-state index contributed by atoms with van der Waals surface area (Å²) in [5.74, 6) is -2.75. The highest BCUT2D eigenvalue weighted by Crippen LogP contribution is 2.21. The van der Waals surface area contributed by atoms with Gasteiger partial charge in [-0.15, -0.1) is 0 Å². The van der Waals surface area contributed by atoms with Crippen molar-refractivity contribution in [1.29, 1.82) is 0 Å². The lowest BCUT2D eigenvalue weighted by atomic mass is 10.2. The van der Waals surface area contributed by atoms with Gasteiger partial charge in [0.05, 0.1) is 17.6 Å². The molecule has 1 aliphatic heterocycles. The molecule has 0 aromatic heterocycles. The molecule has 1 aliphatic rings. The fourth-order valence-corrected chi connectivity index (χ4v) is 4.27. The number of carbonyl (C=O) groups excluding carboxylic acids is 1. The summed E-state index contributed by atoms with van der Waals surface area (Å²) < 4.78 is 58.5. The first kappa shape index (κ1) is 19.4. The monoisotopic (exact) mass is 396 g/mol. The fraction of sp³-hybridized carbons (Fsp3) is 0.278. The second-order valence-electron chi connectivity index (χ2n) is 6.16. The number of hydrogen-bond donors (Lipinski definition) is 1. The van der Waals surface area contributed by atoms with E-state index < -0.39 is 27.6 Å². The predicted molar refractivity (Wildman–Crippen MR) is 94.9 cm³/mol. The second-order valence-corrected chi connectivity index (χ2v) is 8.09. The zero-order valence-electron chi connectivity index (χ0n) is 14.5. The summed E-state index contributed by atoms with van der Waals surface area (Å²) in [6.07, 6.45) is -0.214. The highest BCUT2D eigenvalue weighted by molar-refractivity contribution is 7.89. The highest BCUT2D eigenvalue weighted by atomic mass is 32.2. The van der Waals surface area contributed by atoms with Crippen LogP contribution in [0.2, 0.25) is 0 Å². The average Bonchev–Trinajstić information content (AvgIpc) is 2.65. The summed E-state index contributed by atoms with van der Waals surface area (Å²) in [6, 6.07) is 8.52. The van der Waals surface area contributed by atoms with Gasteiger partial charge in [-0.05, 0) is 37.3 Å². The largest absolute Gasteiger partial charge is 0.376 e. The molecule has 3 rings (SSSR count). The van der Waals surface area contributed by atoms with Gasteiger partial charge in [-0.1, -0.05) is 6.07 Å². The first-order chi connectivity index (χ1) is 12.8. The Labute approximate surface area is 155 Å². The molecule has 9 heteroatoms. The van der Waals surface area contributed by atoms with Crippen molar-refractivity contribution in [3.8, 4) is 0 Å². The van der Waals surface area contributed by atoms with Crippen molar-refractivity contribution in [1.82, 2.24) is 4.31 Å². The minimum absolute atomic E-state index is 0.0189. The van der Waals surface area contributed by atoms with Gasteiger partial charge in [0.25, 0.3) is 5.91 Å². The molecule has 1 N–H and O–H groups in total. The Morgan fingerprint density at radius 2 is 1.96 bits per heavy atom. The highest BCUT2D eigenvalue weighted by Gasteiger charge is 2.29. The first-order valence-corrected chi connectivity index (χ1v) is 9.69. The Morgan fingerprint density at radius 1 is 1.19 bits per heavy atom. The number of nitrogens with one attached hydrogen (secondary N) is 1. The molecule has 1 fully saturated rings. The predicted octanol–water partition coefficient (Wildman–Crippen LogP) is 2.63. The lowest BCUT2D eigenvalue weighted by Gasteiger charge is -2.30. The van der Waals surface area contributed by atoms with Crippen LogP contribution >= 0.6 is 0 Å². The summed E-state index contributed by atoms with van der Waals surface area (Å²) >= 11 is 0. The van der Waals surface area contributed by atoms with Gasteiger partial charge in [-0.25, -0.2) is 17.2 Å². The third-order valence-electron chi connectivity index (χ3n) is 4.12. The minimum atomic E-state index is -3.77. The Kier molecular flexibility index (Phi) is 5.54. The average molecular weight is 396 g/mol. The summed E-state index contributed by atoms with van der Waals surface area (Å²) in [6.45, 7) is 2.55. The number of hydrogen-bond acceptors (Lipinski definition) is 4. The SMILES string of the molecule is CC1CN(S(=O)(=O)c2cccc(C(=O)Nc3ccc(F)c(F)c3)c2)CCO1. The van der Waals surface area contributed by atoms with Crippen molar-refractivity contribution >= 4 is 21.6 Å². The molecular weight excluding hydrogens is 378 g/mol. The quantitative estimate of drug-likeness (QED) is 0.862. The number of rotatable bonds is 4. The zero-order valence-corrected chi connectivity index (χ0v) is 15.3. The van der Waals surface area contributed by atoms with E-state index in [9.17, 15) is 22.0 Å². The van der Waals surface area contributed by atoms with Crippen molar-refractivity contribution in [2.24, 2.45) is 0 Å². The lowest BCUT2D eigenvalue weighted by molar-refractivity contribution is 0.0102. The molecule has 1 saturated heterocycles. The molecule has 1 amide bonds. The van der Waals surface area contributed by atoms with Crippen LogP contribution in [-0.2, 0) is 14.8 Å². The molecule has 27 heavy (non-hydrogen) atoms. The van der Waals surface area contributed by atoms with Crippen molar-refractivity contribution in [3.63, 3.8) is 0 Å². The maximum absolute atomic E-state index is 13.3. The van der Waals surface area contributed by atoms with E-state index in [1.54, 1.807) is 6.92 Å². The van der Waals surface area contributed by atoms with Crippen molar-refractivity contribution in [3.05, 3.63) is 59.7 Å². The van der Waals surface area contributed by atoms with Gasteiger partial charge in [-0.3, -0.25) is 4.79 Å². The molecule has 1 heterocycles. The molecule has 0 spiro atoms. The van der Waals surface area contributed by atoms with Crippen LogP contribution in [0.25, 0.3) is 0 Å². The molecule has 6 nitrogen and oxygen atoms in total. The maximum Gasteiger partial charge on any atom is 0.255 e. The Bertz CT molecular complexity index is 966. The lowest BCUT2D eigenvalue weighted by Crippen LogP contribution is -2.44. The van der Waals surface area contributed by atoms with E-state index in [-0.39, 0.29) is 35.3 Å². The molecular formula is C18H18F2N2O4S. The van der Waals surface area contributed by atoms with Crippen LogP contribution in [-0.4, -0.2) is 44.4 Å². The first-order valence-electron chi connectivity index (χ1n) is 8.25. The molecule has 144 valence electrons. The van der Waals surface area contributed by atoms with Crippen LogP contribution in [0.5, 0.6) is 0 Å². The number of morpholine rings is 1. The summed E-state index contributed by atoms with van der Waals surface area (Å²) in [7, 11) is -3.77. The van der Waals surface area contributed by atoms with E-state index in [0.29, 0.717) is 6.61 Å². The maximum atomic E-state index is 13.3. The van der Waals surface area contributed by atoms with E-state index >= 15 is 0 Å². The van der Waals surface area contributed by atoms with Gasteiger partial charge >= 0.3 is 0 Å². The normalized spacial score (nSPS) is 18.3. The summed E-state index contributed by atoms with van der Waals surface area (Å²) in [4.78, 5) is 12.3. The van der Waals surface area contributed by atoms with E-state index in [1.807, 2.05) is 0 Å². The molecule has 0 aliphatic carbocycles. The van der Waals surface area contributed by atoms with Crippen LogP contribution in [0.1, 0.15) is 17.3 Å². The van der Waals surface area contributed by atoms with E-state index in [0.717, 1.165) is 12.1 Å². The Balaban J connectivity index is 1.82. The van der Waals surface area contributed by atoms with Crippen LogP contribution in [0, 0.1) is 11.6 Å².